The summed E-state index contributed by atoms with van der Waals surface area (Å²) in [6, 6.07) is 5.24. The molecule has 2 amide bonds. The Labute approximate surface area is 190 Å². The molecule has 0 aliphatic carbocycles. The first kappa shape index (κ1) is 21.7. The van der Waals surface area contributed by atoms with Gasteiger partial charge in [0, 0.05) is 29.5 Å². The molecule has 0 unspecified atom stereocenters. The number of hydrogen-bond acceptors (Lipinski definition) is 5. The summed E-state index contributed by atoms with van der Waals surface area (Å²) >= 11 is 7.79. The van der Waals surface area contributed by atoms with E-state index in [1.165, 1.54) is 11.3 Å². The SMILES string of the molecule is Cc1nc(C(C)(C)C)nc2sc(C(=O)Nc3ccc(N4CCCC4=O)c(Cl)c3)c(C)c12. The third-order valence-corrected chi connectivity index (χ3v) is 6.91. The highest BCUT2D eigenvalue weighted by atomic mass is 35.5. The van der Waals surface area contributed by atoms with Crippen molar-refractivity contribution in [3.05, 3.63) is 45.2 Å². The first-order valence-corrected chi connectivity index (χ1v) is 11.4. The number of hydrogen-bond donors (Lipinski definition) is 1. The Balaban J connectivity index is 1.63. The second-order valence-corrected chi connectivity index (χ2v) is 10.3. The Hall–Kier alpha value is -2.51. The van der Waals surface area contributed by atoms with Gasteiger partial charge in [0.05, 0.1) is 21.3 Å². The van der Waals surface area contributed by atoms with Crippen molar-refractivity contribution in [2.24, 2.45) is 0 Å². The van der Waals surface area contributed by atoms with E-state index < -0.39 is 0 Å². The Morgan fingerprint density at radius 1 is 1.23 bits per heavy atom. The zero-order valence-corrected chi connectivity index (χ0v) is 19.9. The maximum Gasteiger partial charge on any atom is 0.266 e. The molecule has 4 rings (SSSR count). The van der Waals surface area contributed by atoms with Crippen LogP contribution in [0.2, 0.25) is 5.02 Å². The van der Waals surface area contributed by atoms with Crippen LogP contribution in [-0.2, 0) is 10.2 Å². The molecule has 6 nitrogen and oxygen atoms in total. The molecule has 1 N–H and O–H groups in total. The van der Waals surface area contributed by atoms with Crippen LogP contribution in [-0.4, -0.2) is 28.3 Å². The number of carbonyl (C=O) groups excluding carboxylic acids is 2. The van der Waals surface area contributed by atoms with Gasteiger partial charge in [0.15, 0.2) is 0 Å². The van der Waals surface area contributed by atoms with Gasteiger partial charge in [-0.05, 0) is 44.0 Å². The van der Waals surface area contributed by atoms with Gasteiger partial charge < -0.3 is 10.2 Å². The van der Waals surface area contributed by atoms with Crippen molar-refractivity contribution in [1.29, 1.82) is 0 Å². The molecule has 0 radical (unpaired) electrons. The minimum Gasteiger partial charge on any atom is -0.321 e. The van der Waals surface area contributed by atoms with Gasteiger partial charge in [-0.1, -0.05) is 32.4 Å². The van der Waals surface area contributed by atoms with E-state index in [4.69, 9.17) is 16.6 Å². The predicted octanol–water partition coefficient (Wildman–Crippen LogP) is 5.64. The Kier molecular flexibility index (Phi) is 5.52. The molecule has 31 heavy (non-hydrogen) atoms. The summed E-state index contributed by atoms with van der Waals surface area (Å²) in [5.74, 6) is 0.633. The van der Waals surface area contributed by atoms with Gasteiger partial charge in [0.1, 0.15) is 10.7 Å². The summed E-state index contributed by atoms with van der Waals surface area (Å²) in [4.78, 5) is 37.6. The summed E-state index contributed by atoms with van der Waals surface area (Å²) < 4.78 is 0. The van der Waals surface area contributed by atoms with Crippen LogP contribution >= 0.6 is 22.9 Å². The number of anilines is 2. The molecule has 0 spiro atoms. The Morgan fingerprint density at radius 3 is 2.58 bits per heavy atom. The molecule has 1 saturated heterocycles. The van der Waals surface area contributed by atoms with Crippen molar-refractivity contribution in [1.82, 2.24) is 9.97 Å². The van der Waals surface area contributed by atoms with Crippen molar-refractivity contribution < 1.29 is 9.59 Å². The smallest absolute Gasteiger partial charge is 0.266 e. The highest BCUT2D eigenvalue weighted by Gasteiger charge is 2.25. The van der Waals surface area contributed by atoms with Crippen LogP contribution < -0.4 is 10.2 Å². The zero-order chi connectivity index (χ0) is 22.5. The standard InChI is InChI=1S/C23H25ClN4O2S/c1-12-18-13(2)25-22(23(3,4)5)27-21(18)31-19(12)20(30)26-14-8-9-16(15(24)11-14)28-10-6-7-17(28)29/h8-9,11H,6-7,10H2,1-5H3,(H,26,30). The number of halogens is 1. The number of carbonyl (C=O) groups is 2. The van der Waals surface area contributed by atoms with Crippen molar-refractivity contribution in [3.8, 4) is 0 Å². The minimum atomic E-state index is -0.210. The first-order valence-electron chi connectivity index (χ1n) is 10.3. The molecule has 0 atom stereocenters. The first-order chi connectivity index (χ1) is 14.6. The van der Waals surface area contributed by atoms with Gasteiger partial charge in [-0.15, -0.1) is 11.3 Å². The van der Waals surface area contributed by atoms with E-state index in [-0.39, 0.29) is 17.2 Å². The fourth-order valence-electron chi connectivity index (χ4n) is 3.79. The third-order valence-electron chi connectivity index (χ3n) is 5.42. The van der Waals surface area contributed by atoms with Gasteiger partial charge >= 0.3 is 0 Å². The lowest BCUT2D eigenvalue weighted by Gasteiger charge is -2.18. The molecule has 2 aromatic heterocycles. The molecule has 162 valence electrons. The van der Waals surface area contributed by atoms with E-state index in [1.807, 2.05) is 13.8 Å². The van der Waals surface area contributed by atoms with Crippen LogP contribution in [0.4, 0.5) is 11.4 Å². The van der Waals surface area contributed by atoms with Gasteiger partial charge in [-0.25, -0.2) is 9.97 Å². The monoisotopic (exact) mass is 456 g/mol. The van der Waals surface area contributed by atoms with Crippen LogP contribution in [0.1, 0.15) is 60.4 Å². The second kappa shape index (κ2) is 7.88. The zero-order valence-electron chi connectivity index (χ0n) is 18.3. The lowest BCUT2D eigenvalue weighted by atomic mass is 9.95. The summed E-state index contributed by atoms with van der Waals surface area (Å²) in [7, 11) is 0. The summed E-state index contributed by atoms with van der Waals surface area (Å²) in [5, 5.41) is 4.31. The average molecular weight is 457 g/mol. The number of amides is 2. The number of benzene rings is 1. The van der Waals surface area contributed by atoms with Gasteiger partial charge in [-0.3, -0.25) is 9.59 Å². The van der Waals surface area contributed by atoms with Crippen LogP contribution in [0.15, 0.2) is 18.2 Å². The molecule has 1 aliphatic heterocycles. The van der Waals surface area contributed by atoms with E-state index in [9.17, 15) is 9.59 Å². The molecular weight excluding hydrogens is 432 g/mol. The average Bonchev–Trinajstić information content (AvgIpc) is 3.25. The fourth-order valence-corrected chi connectivity index (χ4v) is 5.20. The van der Waals surface area contributed by atoms with E-state index in [0.29, 0.717) is 34.2 Å². The molecular formula is C23H25ClN4O2S. The number of nitrogens with zero attached hydrogens (tertiary/aromatic N) is 3. The quantitative estimate of drug-likeness (QED) is 0.553. The van der Waals surface area contributed by atoms with E-state index in [2.05, 4.69) is 31.1 Å². The van der Waals surface area contributed by atoms with Crippen LogP contribution in [0.5, 0.6) is 0 Å². The molecule has 1 aliphatic rings. The lowest BCUT2D eigenvalue weighted by molar-refractivity contribution is -0.117. The fraction of sp³-hybridized carbons (Fsp3) is 0.391. The third kappa shape index (κ3) is 4.04. The van der Waals surface area contributed by atoms with Crippen LogP contribution in [0.3, 0.4) is 0 Å². The Morgan fingerprint density at radius 2 is 1.97 bits per heavy atom. The maximum atomic E-state index is 13.0. The van der Waals surface area contributed by atoms with Crippen molar-refractivity contribution >= 4 is 56.3 Å². The summed E-state index contributed by atoms with van der Waals surface area (Å²) in [6.07, 6.45) is 1.37. The number of nitrogens with one attached hydrogen (secondary N) is 1. The van der Waals surface area contributed by atoms with E-state index in [1.54, 1.807) is 23.1 Å². The number of fused-ring (bicyclic) bond motifs is 1. The normalized spacial score (nSPS) is 14.5. The Bertz CT molecular complexity index is 1210. The van der Waals surface area contributed by atoms with Gasteiger partial charge in [0.2, 0.25) is 5.91 Å². The highest BCUT2D eigenvalue weighted by Crippen LogP contribution is 2.35. The molecule has 3 heterocycles. The van der Waals surface area contributed by atoms with E-state index >= 15 is 0 Å². The van der Waals surface area contributed by atoms with Gasteiger partial charge in [-0.2, -0.15) is 0 Å². The van der Waals surface area contributed by atoms with Crippen LogP contribution in [0.25, 0.3) is 10.2 Å². The lowest BCUT2D eigenvalue weighted by Crippen LogP contribution is -2.24. The number of thiophene rings is 1. The van der Waals surface area contributed by atoms with Crippen LogP contribution in [0, 0.1) is 13.8 Å². The molecule has 1 aromatic carbocycles. The topological polar surface area (TPSA) is 75.2 Å². The number of aryl methyl sites for hydroxylation is 2. The molecule has 3 aromatic rings. The predicted molar refractivity (Wildman–Crippen MR) is 127 cm³/mol. The minimum absolute atomic E-state index is 0.0747. The van der Waals surface area contributed by atoms with Crippen molar-refractivity contribution in [2.45, 2.75) is 52.9 Å². The van der Waals surface area contributed by atoms with Crippen molar-refractivity contribution in [3.63, 3.8) is 0 Å². The molecule has 8 heteroatoms. The molecule has 1 fully saturated rings. The van der Waals surface area contributed by atoms with Gasteiger partial charge in [0.25, 0.3) is 5.91 Å². The van der Waals surface area contributed by atoms with Crippen molar-refractivity contribution in [2.75, 3.05) is 16.8 Å². The van der Waals surface area contributed by atoms with E-state index in [0.717, 1.165) is 33.7 Å². The summed E-state index contributed by atoms with van der Waals surface area (Å²) in [5.41, 5.74) is 2.85. The number of aromatic nitrogens is 2. The molecule has 0 saturated carbocycles. The highest BCUT2D eigenvalue weighted by molar-refractivity contribution is 7.20. The maximum absolute atomic E-state index is 13.0. The number of rotatable bonds is 3. The molecule has 0 bridgehead atoms. The summed E-state index contributed by atoms with van der Waals surface area (Å²) in [6.45, 7) is 10.8. The largest absolute Gasteiger partial charge is 0.321 e. The second-order valence-electron chi connectivity index (χ2n) is 8.89.